The van der Waals surface area contributed by atoms with Crippen LogP contribution >= 0.6 is 11.6 Å². The standard InChI is InChI=1S/C7H13ClO/c8-5-6-1-3-7(9)4-2-6/h6-7,9H,1-5H2. The minimum absolute atomic E-state index is 0.0375. The highest BCUT2D eigenvalue weighted by Gasteiger charge is 2.17. The normalized spacial score (nSPS) is 36.7. The fourth-order valence-electron chi connectivity index (χ4n) is 1.30. The van der Waals surface area contributed by atoms with Gasteiger partial charge in [-0.1, -0.05) is 0 Å². The predicted octanol–water partition coefficient (Wildman–Crippen LogP) is 1.78. The summed E-state index contributed by atoms with van der Waals surface area (Å²) in [5.41, 5.74) is 0. The van der Waals surface area contributed by atoms with Crippen LogP contribution in [0, 0.1) is 5.92 Å². The van der Waals surface area contributed by atoms with E-state index in [1.54, 1.807) is 0 Å². The van der Waals surface area contributed by atoms with Gasteiger partial charge in [-0.2, -0.15) is 0 Å². The van der Waals surface area contributed by atoms with Gasteiger partial charge in [-0.05, 0) is 31.6 Å². The maximum atomic E-state index is 9.08. The van der Waals surface area contributed by atoms with Gasteiger partial charge >= 0.3 is 0 Å². The van der Waals surface area contributed by atoms with E-state index in [1.807, 2.05) is 0 Å². The monoisotopic (exact) mass is 148 g/mol. The minimum Gasteiger partial charge on any atom is -0.393 e. The van der Waals surface area contributed by atoms with Gasteiger partial charge in [0.2, 0.25) is 0 Å². The second-order valence-electron chi connectivity index (χ2n) is 2.83. The Hall–Kier alpha value is 0.250. The summed E-state index contributed by atoms with van der Waals surface area (Å²) < 4.78 is 0. The zero-order valence-electron chi connectivity index (χ0n) is 5.52. The second kappa shape index (κ2) is 3.43. The molecular weight excluding hydrogens is 136 g/mol. The van der Waals surface area contributed by atoms with Crippen molar-refractivity contribution >= 4 is 11.6 Å². The molecule has 1 saturated carbocycles. The third kappa shape index (κ3) is 2.15. The third-order valence-electron chi connectivity index (χ3n) is 2.03. The SMILES string of the molecule is OC1CCC(CCl)CC1. The number of aliphatic hydroxyl groups is 1. The van der Waals surface area contributed by atoms with E-state index in [1.165, 1.54) is 0 Å². The van der Waals surface area contributed by atoms with Crippen LogP contribution in [0.2, 0.25) is 0 Å². The van der Waals surface area contributed by atoms with Crippen molar-refractivity contribution in [2.75, 3.05) is 5.88 Å². The molecule has 1 nitrogen and oxygen atoms in total. The number of hydrogen-bond donors (Lipinski definition) is 1. The molecule has 0 unspecified atom stereocenters. The van der Waals surface area contributed by atoms with Crippen molar-refractivity contribution in [3.8, 4) is 0 Å². The molecule has 0 atom stereocenters. The zero-order chi connectivity index (χ0) is 6.69. The lowest BCUT2D eigenvalue weighted by atomic mass is 9.89. The topological polar surface area (TPSA) is 20.2 Å². The number of halogens is 1. The Morgan fingerprint density at radius 3 is 2.22 bits per heavy atom. The minimum atomic E-state index is -0.0375. The molecule has 1 fully saturated rings. The summed E-state index contributed by atoms with van der Waals surface area (Å²) in [6.07, 6.45) is 4.11. The first-order valence-corrected chi connectivity index (χ1v) is 4.10. The molecule has 1 aliphatic rings. The van der Waals surface area contributed by atoms with Crippen molar-refractivity contribution < 1.29 is 5.11 Å². The van der Waals surface area contributed by atoms with Crippen molar-refractivity contribution in [3.05, 3.63) is 0 Å². The highest BCUT2D eigenvalue weighted by Crippen LogP contribution is 2.24. The van der Waals surface area contributed by atoms with E-state index in [0.717, 1.165) is 31.6 Å². The molecule has 54 valence electrons. The van der Waals surface area contributed by atoms with Crippen molar-refractivity contribution in [3.63, 3.8) is 0 Å². The Balaban J connectivity index is 2.18. The fourth-order valence-corrected chi connectivity index (χ4v) is 1.61. The first kappa shape index (κ1) is 7.36. The van der Waals surface area contributed by atoms with E-state index in [9.17, 15) is 0 Å². The lowest BCUT2D eigenvalue weighted by molar-refractivity contribution is 0.113. The van der Waals surface area contributed by atoms with E-state index < -0.39 is 0 Å². The zero-order valence-corrected chi connectivity index (χ0v) is 6.27. The van der Waals surface area contributed by atoms with Crippen LogP contribution in [0.15, 0.2) is 0 Å². The van der Waals surface area contributed by atoms with Crippen LogP contribution < -0.4 is 0 Å². The lowest BCUT2D eigenvalue weighted by Crippen LogP contribution is -2.18. The molecule has 1 aliphatic carbocycles. The van der Waals surface area contributed by atoms with Gasteiger partial charge in [-0.3, -0.25) is 0 Å². The van der Waals surface area contributed by atoms with E-state index >= 15 is 0 Å². The number of aliphatic hydroxyl groups excluding tert-OH is 1. The van der Waals surface area contributed by atoms with E-state index in [2.05, 4.69) is 0 Å². The Labute approximate surface area is 61.0 Å². The lowest BCUT2D eigenvalue weighted by Gasteiger charge is -2.22. The summed E-state index contributed by atoms with van der Waals surface area (Å²) in [5.74, 6) is 1.45. The largest absolute Gasteiger partial charge is 0.393 e. The molecule has 0 bridgehead atoms. The van der Waals surface area contributed by atoms with Gasteiger partial charge in [-0.15, -0.1) is 11.6 Å². The molecule has 0 aromatic heterocycles. The molecule has 0 radical (unpaired) electrons. The average Bonchev–Trinajstić information content (AvgIpc) is 1.90. The van der Waals surface area contributed by atoms with Gasteiger partial charge in [0.05, 0.1) is 6.10 Å². The summed E-state index contributed by atoms with van der Waals surface area (Å²) in [5, 5.41) is 9.08. The summed E-state index contributed by atoms with van der Waals surface area (Å²) in [4.78, 5) is 0. The fraction of sp³-hybridized carbons (Fsp3) is 1.00. The highest BCUT2D eigenvalue weighted by atomic mass is 35.5. The molecule has 1 rings (SSSR count). The Kier molecular flexibility index (Phi) is 2.80. The maximum Gasteiger partial charge on any atom is 0.0540 e. The van der Waals surface area contributed by atoms with Gasteiger partial charge in [0, 0.05) is 5.88 Å². The molecule has 0 saturated heterocycles. The Morgan fingerprint density at radius 2 is 1.78 bits per heavy atom. The van der Waals surface area contributed by atoms with Crippen LogP contribution in [-0.4, -0.2) is 17.1 Å². The van der Waals surface area contributed by atoms with Crippen molar-refractivity contribution in [2.45, 2.75) is 31.8 Å². The van der Waals surface area contributed by atoms with Crippen LogP contribution in [0.4, 0.5) is 0 Å². The molecule has 0 heterocycles. The third-order valence-corrected chi connectivity index (χ3v) is 2.47. The van der Waals surface area contributed by atoms with Crippen LogP contribution in [-0.2, 0) is 0 Å². The Bertz CT molecular complexity index is 77.0. The number of hydrogen-bond acceptors (Lipinski definition) is 1. The van der Waals surface area contributed by atoms with Gasteiger partial charge < -0.3 is 5.11 Å². The van der Waals surface area contributed by atoms with Crippen LogP contribution in [0.1, 0.15) is 25.7 Å². The molecule has 1 N–H and O–H groups in total. The van der Waals surface area contributed by atoms with E-state index in [-0.39, 0.29) is 6.10 Å². The van der Waals surface area contributed by atoms with Crippen molar-refractivity contribution in [1.82, 2.24) is 0 Å². The van der Waals surface area contributed by atoms with E-state index in [0.29, 0.717) is 5.92 Å². The summed E-state index contributed by atoms with van der Waals surface area (Å²) in [6.45, 7) is 0. The van der Waals surface area contributed by atoms with Crippen molar-refractivity contribution in [2.24, 2.45) is 5.92 Å². The first-order chi connectivity index (χ1) is 4.33. The maximum absolute atomic E-state index is 9.08. The Morgan fingerprint density at radius 1 is 1.22 bits per heavy atom. The van der Waals surface area contributed by atoms with Crippen LogP contribution in [0.3, 0.4) is 0 Å². The smallest absolute Gasteiger partial charge is 0.0540 e. The second-order valence-corrected chi connectivity index (χ2v) is 3.14. The molecule has 0 aliphatic heterocycles. The summed E-state index contributed by atoms with van der Waals surface area (Å²) in [6, 6.07) is 0. The van der Waals surface area contributed by atoms with Gasteiger partial charge in [0.25, 0.3) is 0 Å². The van der Waals surface area contributed by atoms with Gasteiger partial charge in [0.1, 0.15) is 0 Å². The predicted molar refractivity (Wildman–Crippen MR) is 38.7 cm³/mol. The first-order valence-electron chi connectivity index (χ1n) is 3.57. The molecular formula is C7H13ClO. The number of alkyl halides is 1. The quantitative estimate of drug-likeness (QED) is 0.562. The number of rotatable bonds is 1. The average molecular weight is 149 g/mol. The van der Waals surface area contributed by atoms with Crippen LogP contribution in [0.5, 0.6) is 0 Å². The van der Waals surface area contributed by atoms with Gasteiger partial charge in [0.15, 0.2) is 0 Å². The molecule has 0 aromatic carbocycles. The van der Waals surface area contributed by atoms with E-state index in [4.69, 9.17) is 16.7 Å². The molecule has 0 spiro atoms. The highest BCUT2D eigenvalue weighted by molar-refractivity contribution is 6.18. The molecule has 0 amide bonds. The van der Waals surface area contributed by atoms with Crippen molar-refractivity contribution in [1.29, 1.82) is 0 Å². The van der Waals surface area contributed by atoms with Crippen LogP contribution in [0.25, 0.3) is 0 Å². The molecule has 9 heavy (non-hydrogen) atoms. The molecule has 0 aromatic rings. The summed E-state index contributed by atoms with van der Waals surface area (Å²) >= 11 is 5.65. The van der Waals surface area contributed by atoms with Gasteiger partial charge in [-0.25, -0.2) is 0 Å². The molecule has 2 heteroatoms. The summed E-state index contributed by atoms with van der Waals surface area (Å²) in [7, 11) is 0.